The minimum absolute atomic E-state index is 0.288. The molecule has 0 aliphatic rings. The van der Waals surface area contributed by atoms with Gasteiger partial charge in [-0.1, -0.05) is 155 Å². The number of benzene rings is 2. The third kappa shape index (κ3) is 14.3. The maximum atomic E-state index is 13.3. The van der Waals surface area contributed by atoms with Gasteiger partial charge in [0.05, 0.1) is 0 Å². The highest BCUT2D eigenvalue weighted by Crippen LogP contribution is 2.31. The lowest BCUT2D eigenvalue weighted by molar-refractivity contribution is -0.00871. The fraction of sp³-hybridized carbons (Fsp3) is 0.667. The molecule has 0 spiro atoms. The molecule has 0 amide bonds. The van der Waals surface area contributed by atoms with Gasteiger partial charge >= 0.3 is 6.16 Å². The molecule has 2 atom stereocenters. The van der Waals surface area contributed by atoms with Crippen LogP contribution in [0.15, 0.2) is 48.5 Å². The van der Waals surface area contributed by atoms with Gasteiger partial charge in [-0.05, 0) is 71.6 Å². The van der Waals surface area contributed by atoms with Gasteiger partial charge in [0.25, 0.3) is 0 Å². The number of carbonyl (C=O) groups excluding carboxylic acids is 1. The molecule has 0 fully saturated rings. The summed E-state index contributed by atoms with van der Waals surface area (Å²) in [6.45, 7) is 18.0. The monoisotopic (exact) mass is 578 g/mol. The van der Waals surface area contributed by atoms with Crippen molar-refractivity contribution in [2.45, 2.75) is 156 Å². The Morgan fingerprint density at radius 3 is 1.02 bits per heavy atom. The second-order valence-electron chi connectivity index (χ2n) is 13.9. The van der Waals surface area contributed by atoms with Crippen LogP contribution < -0.4 is 0 Å². The van der Waals surface area contributed by atoms with Crippen molar-refractivity contribution in [3.05, 3.63) is 70.8 Å². The standard InChI is InChI=1S/C39H62O3/c1-29(2)17-13-9-11-15-19-37(35-25-21-33(22-26-35)31(5)6)41-39(40)42-38(20-16-12-10-14-18-30(3)4)36-27-23-34(24-28-36)32(7)8/h21-32,37-38H,9-20H2,1-8H3. The zero-order valence-corrected chi connectivity index (χ0v) is 28.3. The van der Waals surface area contributed by atoms with Gasteiger partial charge in [-0.15, -0.1) is 0 Å². The molecule has 2 aromatic carbocycles. The predicted octanol–water partition coefficient (Wildman–Crippen LogP) is 12.9. The van der Waals surface area contributed by atoms with Crippen LogP contribution >= 0.6 is 0 Å². The van der Waals surface area contributed by atoms with Gasteiger partial charge < -0.3 is 9.47 Å². The molecular formula is C39H62O3. The summed E-state index contributed by atoms with van der Waals surface area (Å²) in [5.41, 5.74) is 4.71. The Hall–Kier alpha value is -2.29. The van der Waals surface area contributed by atoms with Gasteiger partial charge in [-0.3, -0.25) is 0 Å². The lowest BCUT2D eigenvalue weighted by Crippen LogP contribution is -2.17. The maximum Gasteiger partial charge on any atom is 0.509 e. The average Bonchev–Trinajstić information content (AvgIpc) is 2.95. The highest BCUT2D eigenvalue weighted by Gasteiger charge is 2.23. The predicted molar refractivity (Wildman–Crippen MR) is 179 cm³/mol. The van der Waals surface area contributed by atoms with Crippen LogP contribution in [0.4, 0.5) is 4.79 Å². The SMILES string of the molecule is CC(C)CCCCCCC(OC(=O)OC(CCCCCCC(C)C)c1ccc(C(C)C)cc1)c1ccc(C(C)C)cc1. The van der Waals surface area contributed by atoms with Crippen LogP contribution in [0.25, 0.3) is 0 Å². The summed E-state index contributed by atoms with van der Waals surface area (Å²) in [7, 11) is 0. The van der Waals surface area contributed by atoms with Gasteiger partial charge in [-0.2, -0.15) is 0 Å². The minimum Gasteiger partial charge on any atom is -0.426 e. The molecule has 0 saturated heterocycles. The highest BCUT2D eigenvalue weighted by molar-refractivity contribution is 5.61. The van der Waals surface area contributed by atoms with Gasteiger partial charge in [0.15, 0.2) is 0 Å². The second kappa shape index (κ2) is 19.8. The van der Waals surface area contributed by atoms with Crippen LogP contribution in [0.1, 0.15) is 179 Å². The van der Waals surface area contributed by atoms with E-state index in [1.165, 1.54) is 49.7 Å². The molecule has 0 heterocycles. The van der Waals surface area contributed by atoms with Crippen LogP contribution in [-0.2, 0) is 9.47 Å². The first-order valence-corrected chi connectivity index (χ1v) is 17.1. The molecule has 0 aliphatic carbocycles. The summed E-state index contributed by atoms with van der Waals surface area (Å²) >= 11 is 0. The van der Waals surface area contributed by atoms with E-state index in [9.17, 15) is 4.79 Å². The van der Waals surface area contributed by atoms with Crippen molar-refractivity contribution in [1.82, 2.24) is 0 Å². The summed E-state index contributed by atoms with van der Waals surface area (Å²) < 4.78 is 12.2. The van der Waals surface area contributed by atoms with E-state index in [0.717, 1.165) is 61.5 Å². The summed E-state index contributed by atoms with van der Waals surface area (Å²) in [6.07, 6.45) is 12.5. The Morgan fingerprint density at radius 2 is 0.738 bits per heavy atom. The molecule has 236 valence electrons. The summed E-state index contributed by atoms with van der Waals surface area (Å²) in [6, 6.07) is 17.2. The molecule has 0 aromatic heterocycles. The van der Waals surface area contributed by atoms with E-state index < -0.39 is 6.16 Å². The fourth-order valence-electron chi connectivity index (χ4n) is 5.51. The average molecular weight is 579 g/mol. The Bertz CT molecular complexity index is 892. The molecule has 0 saturated carbocycles. The van der Waals surface area contributed by atoms with E-state index in [0.29, 0.717) is 11.8 Å². The van der Waals surface area contributed by atoms with E-state index in [1.807, 2.05) is 0 Å². The van der Waals surface area contributed by atoms with Gasteiger partial charge in [0, 0.05) is 0 Å². The van der Waals surface area contributed by atoms with E-state index in [1.54, 1.807) is 0 Å². The van der Waals surface area contributed by atoms with Crippen molar-refractivity contribution in [1.29, 1.82) is 0 Å². The molecule has 0 N–H and O–H groups in total. The lowest BCUT2D eigenvalue weighted by atomic mass is 9.97. The smallest absolute Gasteiger partial charge is 0.426 e. The van der Waals surface area contributed by atoms with E-state index >= 15 is 0 Å². The molecule has 0 radical (unpaired) electrons. The lowest BCUT2D eigenvalue weighted by Gasteiger charge is -2.23. The Labute approximate surface area is 259 Å². The Kier molecular flexibility index (Phi) is 16.9. The molecule has 2 unspecified atom stereocenters. The van der Waals surface area contributed by atoms with Crippen molar-refractivity contribution >= 4 is 6.16 Å². The molecule has 3 heteroatoms. The van der Waals surface area contributed by atoms with Crippen molar-refractivity contribution in [2.75, 3.05) is 0 Å². The molecule has 3 nitrogen and oxygen atoms in total. The van der Waals surface area contributed by atoms with Crippen LogP contribution in [-0.4, -0.2) is 6.16 Å². The van der Waals surface area contributed by atoms with Crippen LogP contribution in [0.3, 0.4) is 0 Å². The Balaban J connectivity index is 2.08. The minimum atomic E-state index is -0.550. The Morgan fingerprint density at radius 1 is 0.452 bits per heavy atom. The van der Waals surface area contributed by atoms with Crippen molar-refractivity contribution in [3.63, 3.8) is 0 Å². The zero-order chi connectivity index (χ0) is 30.9. The van der Waals surface area contributed by atoms with Crippen LogP contribution in [0.5, 0.6) is 0 Å². The largest absolute Gasteiger partial charge is 0.509 e. The van der Waals surface area contributed by atoms with Crippen molar-refractivity contribution in [3.8, 4) is 0 Å². The number of hydrogen-bond acceptors (Lipinski definition) is 3. The molecule has 0 bridgehead atoms. The van der Waals surface area contributed by atoms with Gasteiger partial charge in [0.2, 0.25) is 0 Å². The second-order valence-corrected chi connectivity index (χ2v) is 13.9. The van der Waals surface area contributed by atoms with Crippen LogP contribution in [0.2, 0.25) is 0 Å². The third-order valence-electron chi connectivity index (χ3n) is 8.42. The zero-order valence-electron chi connectivity index (χ0n) is 28.3. The normalized spacial score (nSPS) is 13.2. The first-order chi connectivity index (χ1) is 20.1. The first kappa shape index (κ1) is 35.9. The maximum absolute atomic E-state index is 13.3. The molecule has 42 heavy (non-hydrogen) atoms. The topological polar surface area (TPSA) is 35.5 Å². The quantitative estimate of drug-likeness (QED) is 0.116. The summed E-state index contributed by atoms with van der Waals surface area (Å²) in [5, 5.41) is 0. The summed E-state index contributed by atoms with van der Waals surface area (Å²) in [5.74, 6) is 2.45. The number of unbranched alkanes of at least 4 members (excludes halogenated alkanes) is 6. The molecule has 0 aliphatic heterocycles. The number of hydrogen-bond donors (Lipinski definition) is 0. The molecule has 2 aromatic rings. The van der Waals surface area contributed by atoms with Gasteiger partial charge in [-0.25, -0.2) is 4.79 Å². The van der Waals surface area contributed by atoms with Crippen molar-refractivity contribution in [2.24, 2.45) is 11.8 Å². The van der Waals surface area contributed by atoms with E-state index in [2.05, 4.69) is 104 Å². The number of carbonyl (C=O) groups is 1. The third-order valence-corrected chi connectivity index (χ3v) is 8.42. The van der Waals surface area contributed by atoms with Gasteiger partial charge in [0.1, 0.15) is 12.2 Å². The highest BCUT2D eigenvalue weighted by atomic mass is 16.7. The van der Waals surface area contributed by atoms with Crippen molar-refractivity contribution < 1.29 is 14.3 Å². The summed E-state index contributed by atoms with van der Waals surface area (Å²) in [4.78, 5) is 13.3. The van der Waals surface area contributed by atoms with Crippen LogP contribution in [0, 0.1) is 11.8 Å². The molecule has 2 rings (SSSR count). The van der Waals surface area contributed by atoms with E-state index in [4.69, 9.17) is 9.47 Å². The molecular weight excluding hydrogens is 516 g/mol. The first-order valence-electron chi connectivity index (χ1n) is 17.1. The number of ether oxygens (including phenoxy) is 2. The number of rotatable bonds is 20. The fourth-order valence-corrected chi connectivity index (χ4v) is 5.51. The van der Waals surface area contributed by atoms with E-state index in [-0.39, 0.29) is 12.2 Å².